The van der Waals surface area contributed by atoms with Crippen LogP contribution in [0, 0.1) is 11.6 Å². The number of nitrogens with zero attached hydrogens (tertiary/aromatic N) is 3. The van der Waals surface area contributed by atoms with Gasteiger partial charge >= 0.3 is 0 Å². The summed E-state index contributed by atoms with van der Waals surface area (Å²) in [4.78, 5) is 18.2. The number of amides is 1. The molecular weight excluding hydrogens is 514 g/mol. The monoisotopic (exact) mass is 548 g/mol. The molecular formula is C30H34F2N6O2. The van der Waals surface area contributed by atoms with Gasteiger partial charge < -0.3 is 25.2 Å². The fourth-order valence-corrected chi connectivity index (χ4v) is 5.06. The van der Waals surface area contributed by atoms with Crippen molar-refractivity contribution in [2.24, 2.45) is 0 Å². The van der Waals surface area contributed by atoms with Crippen LogP contribution in [0.3, 0.4) is 0 Å². The number of aromatic amines is 1. The number of likely N-dealkylation sites (N-methyl/N-ethyl adjacent to an activating group) is 1. The van der Waals surface area contributed by atoms with Crippen molar-refractivity contribution in [2.75, 3.05) is 62.5 Å². The maximum Gasteiger partial charge on any atom is 0.258 e. The highest BCUT2D eigenvalue weighted by atomic mass is 19.1. The predicted molar refractivity (Wildman–Crippen MR) is 154 cm³/mol. The van der Waals surface area contributed by atoms with Gasteiger partial charge in [-0.3, -0.25) is 9.89 Å². The Morgan fingerprint density at radius 3 is 2.50 bits per heavy atom. The topological polar surface area (TPSA) is 85.5 Å². The number of H-pyrrole nitrogens is 1. The van der Waals surface area contributed by atoms with E-state index in [0.717, 1.165) is 49.0 Å². The molecule has 2 heterocycles. The Balaban J connectivity index is 1.40. The molecule has 4 aromatic rings. The summed E-state index contributed by atoms with van der Waals surface area (Å²) in [5.74, 6) is -1.15. The van der Waals surface area contributed by atoms with E-state index in [1.807, 2.05) is 43.3 Å². The van der Waals surface area contributed by atoms with Crippen LogP contribution in [-0.4, -0.2) is 74.0 Å². The number of halogens is 2. The van der Waals surface area contributed by atoms with E-state index >= 15 is 0 Å². The average molecular weight is 549 g/mol. The molecule has 3 N–H and O–H groups in total. The number of anilines is 3. The number of aromatic nitrogens is 2. The Bertz CT molecular complexity index is 1480. The van der Waals surface area contributed by atoms with Crippen LogP contribution < -0.4 is 15.5 Å². The van der Waals surface area contributed by atoms with Crippen molar-refractivity contribution in [1.29, 1.82) is 0 Å². The molecule has 1 amide bonds. The van der Waals surface area contributed by atoms with Crippen LogP contribution in [-0.2, 0) is 11.2 Å². The molecule has 0 unspecified atom stereocenters. The Morgan fingerprint density at radius 1 is 1.02 bits per heavy atom. The van der Waals surface area contributed by atoms with E-state index < -0.39 is 11.6 Å². The molecule has 40 heavy (non-hydrogen) atoms. The third-order valence-electron chi connectivity index (χ3n) is 7.12. The first-order valence-corrected chi connectivity index (χ1v) is 13.4. The van der Waals surface area contributed by atoms with E-state index in [2.05, 4.69) is 37.7 Å². The number of carbonyl (C=O) groups is 1. The maximum absolute atomic E-state index is 13.7. The van der Waals surface area contributed by atoms with Crippen molar-refractivity contribution in [1.82, 2.24) is 15.1 Å². The SMILES string of the molecule is COC[C@@H](C)Nc1cc(N2CCN(C)CC2)ccc1C(=O)Nc1n[nH]c2ccc(Cc3cc(F)cc(F)c3)cc12. The average Bonchev–Trinajstić information content (AvgIpc) is 3.30. The minimum atomic E-state index is -0.616. The Hall–Kier alpha value is -4.02. The highest BCUT2D eigenvalue weighted by molar-refractivity contribution is 6.11. The number of hydrogen-bond donors (Lipinski definition) is 3. The summed E-state index contributed by atoms with van der Waals surface area (Å²) in [6.45, 7) is 6.28. The molecule has 0 radical (unpaired) electrons. The van der Waals surface area contributed by atoms with Crippen molar-refractivity contribution in [3.63, 3.8) is 0 Å². The number of piperazine rings is 1. The summed E-state index contributed by atoms with van der Waals surface area (Å²) < 4.78 is 32.7. The summed E-state index contributed by atoms with van der Waals surface area (Å²) in [5.41, 5.74) is 4.35. The van der Waals surface area contributed by atoms with Crippen LogP contribution in [0.2, 0.25) is 0 Å². The molecule has 1 atom stereocenters. The Labute approximate surface area is 232 Å². The Kier molecular flexibility index (Phi) is 8.27. The number of nitrogens with one attached hydrogen (secondary N) is 3. The molecule has 3 aromatic carbocycles. The first kappa shape index (κ1) is 27.5. The van der Waals surface area contributed by atoms with Crippen LogP contribution in [0.15, 0.2) is 54.6 Å². The zero-order valence-corrected chi connectivity index (χ0v) is 22.9. The summed E-state index contributed by atoms with van der Waals surface area (Å²) in [7, 11) is 3.77. The predicted octanol–water partition coefficient (Wildman–Crippen LogP) is 4.88. The van der Waals surface area contributed by atoms with Crippen LogP contribution in [0.25, 0.3) is 10.9 Å². The molecule has 1 aliphatic rings. The van der Waals surface area contributed by atoms with Crippen molar-refractivity contribution in [2.45, 2.75) is 19.4 Å². The first-order valence-electron chi connectivity index (χ1n) is 13.4. The van der Waals surface area contributed by atoms with Gasteiger partial charge in [0.2, 0.25) is 0 Å². The van der Waals surface area contributed by atoms with E-state index in [4.69, 9.17) is 4.74 Å². The first-order chi connectivity index (χ1) is 19.3. The number of carbonyl (C=O) groups excluding carboxylic acids is 1. The zero-order chi connectivity index (χ0) is 28.2. The summed E-state index contributed by atoms with van der Waals surface area (Å²) in [6, 6.07) is 14.9. The molecule has 8 nitrogen and oxygen atoms in total. The fourth-order valence-electron chi connectivity index (χ4n) is 5.06. The van der Waals surface area contributed by atoms with E-state index in [0.29, 0.717) is 41.0 Å². The van der Waals surface area contributed by atoms with E-state index in [9.17, 15) is 13.6 Å². The van der Waals surface area contributed by atoms with Gasteiger partial charge in [-0.15, -0.1) is 0 Å². The zero-order valence-electron chi connectivity index (χ0n) is 22.9. The molecule has 210 valence electrons. The molecule has 1 aromatic heterocycles. The van der Waals surface area contributed by atoms with Crippen molar-refractivity contribution in [3.8, 4) is 0 Å². The van der Waals surface area contributed by atoms with Crippen LogP contribution in [0.5, 0.6) is 0 Å². The second-order valence-corrected chi connectivity index (χ2v) is 10.4. The lowest BCUT2D eigenvalue weighted by Gasteiger charge is -2.34. The summed E-state index contributed by atoms with van der Waals surface area (Å²) >= 11 is 0. The second kappa shape index (κ2) is 12.0. The van der Waals surface area contributed by atoms with Crippen molar-refractivity contribution in [3.05, 3.63) is 82.9 Å². The van der Waals surface area contributed by atoms with Crippen molar-refractivity contribution < 1.29 is 18.3 Å². The number of hydrogen-bond acceptors (Lipinski definition) is 6. The normalized spacial score (nSPS) is 14.9. The number of benzene rings is 3. The van der Waals surface area contributed by atoms with Gasteiger partial charge in [0.25, 0.3) is 5.91 Å². The lowest BCUT2D eigenvalue weighted by Crippen LogP contribution is -2.44. The fraction of sp³-hybridized carbons (Fsp3) is 0.333. The van der Waals surface area contributed by atoms with Crippen LogP contribution in [0.1, 0.15) is 28.4 Å². The van der Waals surface area contributed by atoms with Gasteiger partial charge in [-0.1, -0.05) is 6.07 Å². The second-order valence-electron chi connectivity index (χ2n) is 10.4. The van der Waals surface area contributed by atoms with Crippen LogP contribution >= 0.6 is 0 Å². The molecule has 0 bridgehead atoms. The van der Waals surface area contributed by atoms with E-state index in [1.165, 1.54) is 12.1 Å². The number of ether oxygens (including phenoxy) is 1. The molecule has 10 heteroatoms. The third-order valence-corrected chi connectivity index (χ3v) is 7.12. The lowest BCUT2D eigenvalue weighted by molar-refractivity contribution is 0.102. The summed E-state index contributed by atoms with van der Waals surface area (Å²) in [5, 5.41) is 14.4. The number of rotatable bonds is 9. The van der Waals surface area contributed by atoms with E-state index in [-0.39, 0.29) is 11.9 Å². The third kappa shape index (κ3) is 6.40. The minimum absolute atomic E-state index is 0.0132. The van der Waals surface area contributed by atoms with Gasteiger partial charge in [-0.25, -0.2) is 8.78 Å². The molecule has 0 aliphatic carbocycles. The van der Waals surface area contributed by atoms with Crippen LogP contribution in [0.4, 0.5) is 26.0 Å². The minimum Gasteiger partial charge on any atom is -0.383 e. The largest absolute Gasteiger partial charge is 0.383 e. The quantitative estimate of drug-likeness (QED) is 0.276. The van der Waals surface area contributed by atoms with Gasteiger partial charge in [0.1, 0.15) is 11.6 Å². The highest BCUT2D eigenvalue weighted by Crippen LogP contribution is 2.28. The molecule has 1 saturated heterocycles. The molecule has 1 fully saturated rings. The van der Waals surface area contributed by atoms with Gasteiger partial charge in [0, 0.05) is 62.2 Å². The molecule has 5 rings (SSSR count). The van der Waals surface area contributed by atoms with Gasteiger partial charge in [0.15, 0.2) is 5.82 Å². The highest BCUT2D eigenvalue weighted by Gasteiger charge is 2.20. The van der Waals surface area contributed by atoms with Gasteiger partial charge in [-0.2, -0.15) is 5.10 Å². The number of methoxy groups -OCH3 is 1. The van der Waals surface area contributed by atoms with Gasteiger partial charge in [0.05, 0.1) is 17.7 Å². The lowest BCUT2D eigenvalue weighted by atomic mass is 10.0. The standard InChI is InChI=1S/C30H34F2N6O2/c1-19(18-40-3)33-28-17-24(38-10-8-37(2)9-11-38)5-6-25(28)30(39)34-29-26-15-20(4-7-27(26)35-36-29)12-21-13-22(31)16-23(32)14-21/h4-7,13-17,19,33H,8-12,18H2,1-3H3,(H2,34,35,36,39)/t19-/m1/s1. The molecule has 0 spiro atoms. The number of fused-ring (bicyclic) bond motifs is 1. The smallest absolute Gasteiger partial charge is 0.258 e. The van der Waals surface area contributed by atoms with Gasteiger partial charge in [-0.05, 0) is 74.0 Å². The molecule has 1 aliphatic heterocycles. The maximum atomic E-state index is 13.7. The van der Waals surface area contributed by atoms with E-state index in [1.54, 1.807) is 7.11 Å². The molecule has 0 saturated carbocycles. The summed E-state index contributed by atoms with van der Waals surface area (Å²) in [6.07, 6.45) is 0.336. The van der Waals surface area contributed by atoms with Crippen molar-refractivity contribution >= 4 is 34.0 Å². The Morgan fingerprint density at radius 2 is 1.77 bits per heavy atom.